The van der Waals surface area contributed by atoms with Gasteiger partial charge in [0.25, 0.3) is 5.91 Å². The summed E-state index contributed by atoms with van der Waals surface area (Å²) in [7, 11) is 2.00. The van der Waals surface area contributed by atoms with Crippen LogP contribution in [0.2, 0.25) is 0 Å². The first kappa shape index (κ1) is 24.0. The van der Waals surface area contributed by atoms with Crippen molar-refractivity contribution in [1.29, 1.82) is 5.26 Å². The summed E-state index contributed by atoms with van der Waals surface area (Å²) in [4.78, 5) is 24.4. The standard InChI is InChI=1S/C28H25N5OS2/c1-3-30-21-14-13-20(18-29)17-22(21)31-28-33(16-15-19-9-5-4-6-10-19)26(34)25(36-28)27-32(2)23-11-7-8-12-24(23)35-27/h4-14,17,30H,3,15-16H2,1-2H3/b27-25-,31-28?. The lowest BCUT2D eigenvalue weighted by molar-refractivity contribution is -0.122. The molecule has 3 aromatic rings. The van der Waals surface area contributed by atoms with E-state index in [0.717, 1.165) is 39.8 Å². The Kier molecular flexibility index (Phi) is 7.03. The fourth-order valence-electron chi connectivity index (χ4n) is 4.14. The molecule has 1 amide bonds. The second kappa shape index (κ2) is 10.5. The van der Waals surface area contributed by atoms with E-state index in [1.807, 2.05) is 50.4 Å². The van der Waals surface area contributed by atoms with Crippen LogP contribution < -0.4 is 10.2 Å². The Hall–Kier alpha value is -3.67. The Labute approximate surface area is 219 Å². The summed E-state index contributed by atoms with van der Waals surface area (Å²) < 4.78 is 0. The van der Waals surface area contributed by atoms with Gasteiger partial charge in [0.15, 0.2) is 5.17 Å². The molecule has 2 aliphatic rings. The number of hydrogen-bond donors (Lipinski definition) is 1. The molecule has 0 saturated carbocycles. The molecule has 0 aromatic heterocycles. The van der Waals surface area contributed by atoms with Crippen LogP contribution in [0, 0.1) is 11.3 Å². The third-order valence-corrected chi connectivity index (χ3v) is 8.40. The molecule has 0 unspecified atom stereocenters. The first-order valence-electron chi connectivity index (χ1n) is 11.7. The van der Waals surface area contributed by atoms with Crippen molar-refractivity contribution >= 4 is 51.7 Å². The normalized spacial score (nSPS) is 18.0. The number of carbonyl (C=O) groups is 1. The minimum atomic E-state index is -0.0433. The third kappa shape index (κ3) is 4.72. The summed E-state index contributed by atoms with van der Waals surface area (Å²) in [6, 6.07) is 25.9. The monoisotopic (exact) mass is 511 g/mol. The third-order valence-electron chi connectivity index (χ3n) is 5.97. The van der Waals surface area contributed by atoms with Gasteiger partial charge in [0, 0.05) is 25.0 Å². The maximum absolute atomic E-state index is 13.8. The second-order valence-electron chi connectivity index (χ2n) is 8.33. The molecule has 36 heavy (non-hydrogen) atoms. The second-order valence-corrected chi connectivity index (χ2v) is 10.3. The number of fused-ring (bicyclic) bond motifs is 1. The van der Waals surface area contributed by atoms with Crippen LogP contribution in [0.3, 0.4) is 0 Å². The molecule has 6 nitrogen and oxygen atoms in total. The molecule has 5 rings (SSSR count). The Morgan fingerprint density at radius 1 is 1.03 bits per heavy atom. The maximum Gasteiger partial charge on any atom is 0.269 e. The molecule has 180 valence electrons. The van der Waals surface area contributed by atoms with Gasteiger partial charge in [-0.25, -0.2) is 4.99 Å². The molecule has 0 radical (unpaired) electrons. The van der Waals surface area contributed by atoms with Gasteiger partial charge in [0.2, 0.25) is 0 Å². The molecule has 2 aliphatic heterocycles. The molecule has 0 spiro atoms. The molecule has 1 saturated heterocycles. The molecule has 1 fully saturated rings. The van der Waals surface area contributed by atoms with Crippen molar-refractivity contribution in [2.75, 3.05) is 30.4 Å². The zero-order valence-electron chi connectivity index (χ0n) is 20.1. The van der Waals surface area contributed by atoms with Crippen LogP contribution in [-0.2, 0) is 11.2 Å². The van der Waals surface area contributed by atoms with Gasteiger partial charge in [-0.05, 0) is 61.0 Å². The molecular weight excluding hydrogens is 486 g/mol. The highest BCUT2D eigenvalue weighted by atomic mass is 32.2. The molecule has 3 aromatic carbocycles. The number of nitrogens with one attached hydrogen (secondary N) is 1. The smallest absolute Gasteiger partial charge is 0.269 e. The summed E-state index contributed by atoms with van der Waals surface area (Å²) in [6.07, 6.45) is 0.719. The molecule has 2 heterocycles. The number of nitriles is 1. The first-order chi connectivity index (χ1) is 17.6. The number of para-hydroxylation sites is 1. The van der Waals surface area contributed by atoms with Crippen LogP contribution in [0.1, 0.15) is 18.1 Å². The van der Waals surface area contributed by atoms with E-state index in [0.29, 0.717) is 27.9 Å². The number of amides is 1. The summed E-state index contributed by atoms with van der Waals surface area (Å²) in [5.74, 6) is -0.0433. The zero-order valence-corrected chi connectivity index (χ0v) is 21.7. The van der Waals surface area contributed by atoms with Crippen molar-refractivity contribution in [2.24, 2.45) is 4.99 Å². The van der Waals surface area contributed by atoms with Crippen LogP contribution >= 0.6 is 23.5 Å². The fraction of sp³-hybridized carbons (Fsp3) is 0.179. The highest BCUT2D eigenvalue weighted by Gasteiger charge is 2.39. The number of aliphatic imine (C=N–C) groups is 1. The fourth-order valence-corrected chi connectivity index (χ4v) is 6.50. The zero-order chi connectivity index (χ0) is 25.1. The maximum atomic E-state index is 13.8. The van der Waals surface area contributed by atoms with E-state index in [1.54, 1.807) is 28.8 Å². The molecule has 1 N–H and O–H groups in total. The summed E-state index contributed by atoms with van der Waals surface area (Å²) in [6.45, 7) is 3.26. The van der Waals surface area contributed by atoms with Gasteiger partial charge in [0.1, 0.15) is 4.91 Å². The van der Waals surface area contributed by atoms with Crippen LogP contribution in [-0.4, -0.2) is 36.1 Å². The van der Waals surface area contributed by atoms with Crippen molar-refractivity contribution in [3.05, 3.63) is 93.9 Å². The van der Waals surface area contributed by atoms with Gasteiger partial charge >= 0.3 is 0 Å². The van der Waals surface area contributed by atoms with Crippen molar-refractivity contribution in [1.82, 2.24) is 4.90 Å². The highest BCUT2D eigenvalue weighted by molar-refractivity contribution is 8.19. The minimum Gasteiger partial charge on any atom is -0.384 e. The van der Waals surface area contributed by atoms with E-state index in [2.05, 4.69) is 40.6 Å². The number of anilines is 2. The van der Waals surface area contributed by atoms with Gasteiger partial charge in [-0.3, -0.25) is 9.69 Å². The van der Waals surface area contributed by atoms with Crippen LogP contribution in [0.15, 0.2) is 92.6 Å². The van der Waals surface area contributed by atoms with E-state index in [4.69, 9.17) is 4.99 Å². The van der Waals surface area contributed by atoms with Crippen molar-refractivity contribution in [2.45, 2.75) is 18.2 Å². The average molecular weight is 512 g/mol. The van der Waals surface area contributed by atoms with Gasteiger partial charge in [0.05, 0.1) is 33.7 Å². The van der Waals surface area contributed by atoms with Crippen LogP contribution in [0.5, 0.6) is 0 Å². The number of benzene rings is 3. The molecule has 8 heteroatoms. The molecule has 0 bridgehead atoms. The van der Waals surface area contributed by atoms with E-state index in [1.165, 1.54) is 11.8 Å². The molecule has 0 atom stereocenters. The topological polar surface area (TPSA) is 71.7 Å². The number of amidine groups is 1. The highest BCUT2D eigenvalue weighted by Crippen LogP contribution is 2.50. The Morgan fingerprint density at radius 3 is 2.56 bits per heavy atom. The summed E-state index contributed by atoms with van der Waals surface area (Å²) in [5.41, 5.74) is 4.27. The van der Waals surface area contributed by atoms with Crippen molar-refractivity contribution < 1.29 is 4.79 Å². The van der Waals surface area contributed by atoms with Crippen LogP contribution in [0.4, 0.5) is 17.1 Å². The number of carbonyl (C=O) groups excluding carboxylic acids is 1. The van der Waals surface area contributed by atoms with Crippen molar-refractivity contribution in [3.63, 3.8) is 0 Å². The quantitative estimate of drug-likeness (QED) is 0.397. The lowest BCUT2D eigenvalue weighted by atomic mass is 10.1. The number of thioether (sulfide) groups is 2. The SMILES string of the molecule is CCNc1ccc(C#N)cc1N=C1S/C(=C2\Sc3ccccc3N2C)C(=O)N1CCc1ccccc1. The van der Waals surface area contributed by atoms with Gasteiger partial charge < -0.3 is 10.2 Å². The summed E-state index contributed by atoms with van der Waals surface area (Å²) in [5, 5.41) is 14.3. The lowest BCUT2D eigenvalue weighted by Crippen LogP contribution is -2.31. The number of rotatable bonds is 6. The average Bonchev–Trinajstić information content (AvgIpc) is 3.40. The van der Waals surface area contributed by atoms with Gasteiger partial charge in [-0.15, -0.1) is 0 Å². The van der Waals surface area contributed by atoms with Gasteiger partial charge in [-0.2, -0.15) is 5.26 Å². The molecule has 0 aliphatic carbocycles. The number of hydrogen-bond acceptors (Lipinski definition) is 7. The van der Waals surface area contributed by atoms with E-state index in [9.17, 15) is 10.1 Å². The largest absolute Gasteiger partial charge is 0.384 e. The van der Waals surface area contributed by atoms with E-state index < -0.39 is 0 Å². The lowest BCUT2D eigenvalue weighted by Gasteiger charge is -2.17. The Bertz CT molecular complexity index is 1410. The Balaban J connectivity index is 1.55. The summed E-state index contributed by atoms with van der Waals surface area (Å²) >= 11 is 3.02. The van der Waals surface area contributed by atoms with Crippen LogP contribution in [0.25, 0.3) is 0 Å². The van der Waals surface area contributed by atoms with E-state index in [-0.39, 0.29) is 5.91 Å². The van der Waals surface area contributed by atoms with Crippen molar-refractivity contribution in [3.8, 4) is 6.07 Å². The predicted octanol–water partition coefficient (Wildman–Crippen LogP) is 6.21. The molecular formula is C28H25N5OS2. The van der Waals surface area contributed by atoms with E-state index >= 15 is 0 Å². The predicted molar refractivity (Wildman–Crippen MR) is 150 cm³/mol. The van der Waals surface area contributed by atoms with Gasteiger partial charge in [-0.1, -0.05) is 54.2 Å². The minimum absolute atomic E-state index is 0.0433. The number of nitrogens with zero attached hydrogens (tertiary/aromatic N) is 4. The Morgan fingerprint density at radius 2 is 1.81 bits per heavy atom. The first-order valence-corrected chi connectivity index (χ1v) is 13.4.